The summed E-state index contributed by atoms with van der Waals surface area (Å²) in [6.45, 7) is -0.179. The predicted octanol–water partition coefficient (Wildman–Crippen LogP) is 5.24. The third-order valence-electron chi connectivity index (χ3n) is 4.62. The van der Waals surface area contributed by atoms with Crippen molar-refractivity contribution in [2.24, 2.45) is 5.92 Å². The number of ether oxygens (including phenoxy) is 1. The van der Waals surface area contributed by atoms with Crippen molar-refractivity contribution in [3.63, 3.8) is 0 Å². The smallest absolute Gasteiger partial charge is 0.417 e. The standard InChI is InChI=1S/C17H12BrF4NO/c18-14-3-10(15(19)5-13(14)17(20,21)22)7-24-16-4-9-1-8-2-11(8)12(9)6-23-16/h3-6,8,11H,1-2,7H2/t8-,11+/m0/s1. The molecule has 0 spiro atoms. The fraction of sp³-hybridized carbons (Fsp3) is 0.353. The monoisotopic (exact) mass is 401 g/mol. The van der Waals surface area contributed by atoms with Gasteiger partial charge in [-0.15, -0.1) is 0 Å². The molecule has 0 amide bonds. The maximum Gasteiger partial charge on any atom is 0.417 e. The number of nitrogens with zero attached hydrogens (tertiary/aromatic N) is 1. The van der Waals surface area contributed by atoms with Crippen molar-refractivity contribution in [2.75, 3.05) is 0 Å². The molecular weight excluding hydrogens is 390 g/mol. The van der Waals surface area contributed by atoms with E-state index in [2.05, 4.69) is 20.9 Å². The summed E-state index contributed by atoms with van der Waals surface area (Å²) in [6.07, 6.45) is -0.582. The molecule has 2 aliphatic rings. The normalized spacial score (nSPS) is 21.4. The highest BCUT2D eigenvalue weighted by atomic mass is 79.9. The molecule has 7 heteroatoms. The van der Waals surface area contributed by atoms with Crippen molar-refractivity contribution < 1.29 is 22.3 Å². The third-order valence-corrected chi connectivity index (χ3v) is 5.28. The van der Waals surface area contributed by atoms with Crippen LogP contribution in [0.5, 0.6) is 5.88 Å². The fourth-order valence-corrected chi connectivity index (χ4v) is 3.90. The van der Waals surface area contributed by atoms with Crippen LogP contribution in [-0.2, 0) is 19.2 Å². The van der Waals surface area contributed by atoms with Crippen LogP contribution < -0.4 is 4.74 Å². The van der Waals surface area contributed by atoms with E-state index < -0.39 is 17.6 Å². The van der Waals surface area contributed by atoms with Crippen molar-refractivity contribution in [1.29, 1.82) is 0 Å². The molecule has 24 heavy (non-hydrogen) atoms. The summed E-state index contributed by atoms with van der Waals surface area (Å²) in [6, 6.07) is 3.42. The summed E-state index contributed by atoms with van der Waals surface area (Å²) in [4.78, 5) is 4.22. The Morgan fingerprint density at radius 3 is 2.79 bits per heavy atom. The van der Waals surface area contributed by atoms with Crippen LogP contribution in [-0.4, -0.2) is 4.98 Å². The molecule has 2 nitrogen and oxygen atoms in total. The van der Waals surface area contributed by atoms with Gasteiger partial charge < -0.3 is 4.74 Å². The summed E-state index contributed by atoms with van der Waals surface area (Å²) < 4.78 is 57.4. The first-order valence-corrected chi connectivity index (χ1v) is 8.29. The van der Waals surface area contributed by atoms with Crippen LogP contribution in [0.25, 0.3) is 0 Å². The van der Waals surface area contributed by atoms with Gasteiger partial charge in [-0.1, -0.05) is 15.9 Å². The van der Waals surface area contributed by atoms with Crippen molar-refractivity contribution >= 4 is 15.9 Å². The molecule has 1 fully saturated rings. The molecule has 0 radical (unpaired) electrons. The van der Waals surface area contributed by atoms with E-state index in [9.17, 15) is 17.6 Å². The van der Waals surface area contributed by atoms with Crippen LogP contribution in [0.4, 0.5) is 17.6 Å². The molecule has 1 aromatic carbocycles. The van der Waals surface area contributed by atoms with E-state index in [4.69, 9.17) is 4.74 Å². The summed E-state index contributed by atoms with van der Waals surface area (Å²) in [5, 5.41) is 0. The average Bonchev–Trinajstić information content (AvgIpc) is 3.18. The van der Waals surface area contributed by atoms with Crippen molar-refractivity contribution in [3.8, 4) is 5.88 Å². The molecule has 1 aromatic heterocycles. The molecule has 2 atom stereocenters. The average molecular weight is 402 g/mol. The number of rotatable bonds is 3. The Morgan fingerprint density at radius 2 is 2.04 bits per heavy atom. The van der Waals surface area contributed by atoms with Gasteiger partial charge in [-0.3, -0.25) is 0 Å². The van der Waals surface area contributed by atoms with Gasteiger partial charge >= 0.3 is 6.18 Å². The van der Waals surface area contributed by atoms with Gasteiger partial charge in [0.05, 0.1) is 5.56 Å². The third kappa shape index (κ3) is 2.79. The van der Waals surface area contributed by atoms with Gasteiger partial charge in [0.25, 0.3) is 0 Å². The molecule has 4 rings (SSSR count). The van der Waals surface area contributed by atoms with Gasteiger partial charge in [-0.2, -0.15) is 13.2 Å². The minimum Gasteiger partial charge on any atom is -0.473 e. The van der Waals surface area contributed by atoms with Crippen molar-refractivity contribution in [1.82, 2.24) is 4.98 Å². The molecule has 0 N–H and O–H groups in total. The van der Waals surface area contributed by atoms with Gasteiger partial charge in [0, 0.05) is 22.3 Å². The first kappa shape index (κ1) is 15.9. The number of aromatic nitrogens is 1. The topological polar surface area (TPSA) is 22.1 Å². The molecule has 2 aromatic rings. The van der Waals surface area contributed by atoms with E-state index in [1.807, 2.05) is 6.07 Å². The first-order valence-electron chi connectivity index (χ1n) is 7.49. The molecule has 0 unspecified atom stereocenters. The van der Waals surface area contributed by atoms with Gasteiger partial charge in [0.2, 0.25) is 5.88 Å². The Hall–Kier alpha value is -1.63. The van der Waals surface area contributed by atoms with Crippen LogP contribution in [0.1, 0.15) is 34.6 Å². The number of alkyl halides is 3. The van der Waals surface area contributed by atoms with Crippen LogP contribution in [0.15, 0.2) is 28.9 Å². The van der Waals surface area contributed by atoms with E-state index in [0.29, 0.717) is 17.9 Å². The lowest BCUT2D eigenvalue weighted by Gasteiger charge is -2.13. The zero-order valence-corrected chi connectivity index (χ0v) is 13.9. The number of halogens is 5. The van der Waals surface area contributed by atoms with E-state index in [0.717, 1.165) is 18.4 Å². The SMILES string of the molecule is Fc1cc(C(F)(F)F)c(Br)cc1COc1cc2c(cn1)[C@@H]1C[C@@H]1C2. The zero-order chi connectivity index (χ0) is 17.1. The van der Waals surface area contributed by atoms with E-state index in [1.54, 1.807) is 6.20 Å². The largest absolute Gasteiger partial charge is 0.473 e. The zero-order valence-electron chi connectivity index (χ0n) is 12.3. The van der Waals surface area contributed by atoms with Gasteiger partial charge in [-0.25, -0.2) is 9.37 Å². The Balaban J connectivity index is 1.51. The molecular formula is C17H12BrF4NO. The fourth-order valence-electron chi connectivity index (χ4n) is 3.28. The molecule has 0 aliphatic heterocycles. The van der Waals surface area contributed by atoms with Crippen LogP contribution in [0.3, 0.4) is 0 Å². The highest BCUT2D eigenvalue weighted by Gasteiger charge is 2.45. The highest BCUT2D eigenvalue weighted by Crippen LogP contribution is 2.56. The summed E-state index contributed by atoms with van der Waals surface area (Å²) in [5.41, 5.74) is 1.46. The molecule has 2 aliphatic carbocycles. The van der Waals surface area contributed by atoms with Crippen LogP contribution in [0, 0.1) is 11.7 Å². The number of hydrogen-bond donors (Lipinski definition) is 0. The highest BCUT2D eigenvalue weighted by molar-refractivity contribution is 9.10. The lowest BCUT2D eigenvalue weighted by molar-refractivity contribution is -0.138. The number of pyridine rings is 1. The second-order valence-corrected chi connectivity index (χ2v) is 7.09. The number of fused-ring (bicyclic) bond motifs is 3. The summed E-state index contributed by atoms with van der Waals surface area (Å²) >= 11 is 2.84. The quantitative estimate of drug-likeness (QED) is 0.656. The summed E-state index contributed by atoms with van der Waals surface area (Å²) in [7, 11) is 0. The van der Waals surface area contributed by atoms with Gasteiger partial charge in [0.1, 0.15) is 12.4 Å². The molecule has 126 valence electrons. The maximum absolute atomic E-state index is 13.9. The second kappa shape index (κ2) is 5.44. The Kier molecular flexibility index (Phi) is 3.60. The predicted molar refractivity (Wildman–Crippen MR) is 82.2 cm³/mol. The van der Waals surface area contributed by atoms with Crippen LogP contribution >= 0.6 is 15.9 Å². The van der Waals surface area contributed by atoms with E-state index in [-0.39, 0.29) is 16.6 Å². The Morgan fingerprint density at radius 1 is 1.25 bits per heavy atom. The van der Waals surface area contributed by atoms with E-state index in [1.165, 1.54) is 17.5 Å². The maximum atomic E-state index is 13.9. The molecule has 0 saturated heterocycles. The number of benzene rings is 1. The second-order valence-electron chi connectivity index (χ2n) is 6.24. The summed E-state index contributed by atoms with van der Waals surface area (Å²) in [5.74, 6) is 0.767. The van der Waals surface area contributed by atoms with Crippen molar-refractivity contribution in [3.05, 3.63) is 56.9 Å². The van der Waals surface area contributed by atoms with Gasteiger partial charge in [0.15, 0.2) is 0 Å². The van der Waals surface area contributed by atoms with E-state index >= 15 is 0 Å². The molecule has 1 saturated carbocycles. The van der Waals surface area contributed by atoms with Gasteiger partial charge in [-0.05, 0) is 47.9 Å². The van der Waals surface area contributed by atoms with Crippen molar-refractivity contribution in [2.45, 2.75) is 31.5 Å². The lowest BCUT2D eigenvalue weighted by atomic mass is 10.1. The minimum absolute atomic E-state index is 0.0417. The first-order chi connectivity index (χ1) is 11.3. The van der Waals surface area contributed by atoms with Crippen LogP contribution in [0.2, 0.25) is 0 Å². The number of hydrogen-bond acceptors (Lipinski definition) is 2. The molecule has 1 heterocycles. The lowest BCUT2D eigenvalue weighted by Crippen LogP contribution is -2.09. The minimum atomic E-state index is -4.61. The molecule has 0 bridgehead atoms. The Labute approximate surface area is 144 Å². The Bertz CT molecular complexity index is 821.